The van der Waals surface area contributed by atoms with E-state index < -0.39 is 0 Å². The highest BCUT2D eigenvalue weighted by Crippen LogP contribution is 2.30. The Labute approximate surface area is 211 Å². The van der Waals surface area contributed by atoms with E-state index >= 15 is 0 Å². The Morgan fingerprint density at radius 3 is 2.67 bits per heavy atom. The summed E-state index contributed by atoms with van der Waals surface area (Å²) in [6.45, 7) is 6.06. The van der Waals surface area contributed by atoms with Crippen molar-refractivity contribution in [2.75, 3.05) is 19.0 Å². The smallest absolute Gasteiger partial charge is 0.319 e. The molecular formula is C28H33N5O3. The van der Waals surface area contributed by atoms with Crippen molar-refractivity contribution in [1.82, 2.24) is 19.9 Å². The number of fused-ring (bicyclic) bond motifs is 1. The fourth-order valence-electron chi connectivity index (χ4n) is 4.00. The number of amides is 2. The molecule has 0 bridgehead atoms. The van der Waals surface area contributed by atoms with E-state index in [9.17, 15) is 4.79 Å². The fraction of sp³-hybridized carbons (Fsp3) is 0.321. The predicted octanol–water partition coefficient (Wildman–Crippen LogP) is 5.62. The molecule has 4 rings (SSSR count). The summed E-state index contributed by atoms with van der Waals surface area (Å²) in [7, 11) is 1.61. The number of ether oxygens (including phenoxy) is 2. The number of anilines is 1. The predicted molar refractivity (Wildman–Crippen MR) is 141 cm³/mol. The molecule has 2 N–H and O–H groups in total. The zero-order valence-electron chi connectivity index (χ0n) is 21.0. The number of aromatic nitrogens is 3. The minimum Gasteiger partial charge on any atom is -0.493 e. The van der Waals surface area contributed by atoms with Crippen molar-refractivity contribution in [2.24, 2.45) is 5.92 Å². The summed E-state index contributed by atoms with van der Waals surface area (Å²) in [6.07, 6.45) is 9.41. The number of carbonyl (C=O) groups is 1. The van der Waals surface area contributed by atoms with Crippen LogP contribution in [0.1, 0.15) is 37.8 Å². The topological polar surface area (TPSA) is 90.3 Å². The lowest BCUT2D eigenvalue weighted by Gasteiger charge is -2.14. The number of pyridine rings is 2. The first-order valence-corrected chi connectivity index (χ1v) is 12.2. The van der Waals surface area contributed by atoms with Gasteiger partial charge in [-0.05, 0) is 66.3 Å². The van der Waals surface area contributed by atoms with E-state index in [4.69, 9.17) is 9.47 Å². The van der Waals surface area contributed by atoms with Crippen molar-refractivity contribution in [3.8, 4) is 11.5 Å². The molecule has 188 valence electrons. The Kier molecular flexibility index (Phi) is 8.39. The normalized spacial score (nSPS) is 11.0. The number of hydrogen-bond acceptors (Lipinski definition) is 5. The van der Waals surface area contributed by atoms with Crippen LogP contribution in [0.25, 0.3) is 11.0 Å². The third-order valence-corrected chi connectivity index (χ3v) is 5.90. The van der Waals surface area contributed by atoms with Gasteiger partial charge in [0, 0.05) is 55.0 Å². The van der Waals surface area contributed by atoms with E-state index in [-0.39, 0.29) is 6.03 Å². The van der Waals surface area contributed by atoms with Gasteiger partial charge in [-0.25, -0.2) is 9.78 Å². The summed E-state index contributed by atoms with van der Waals surface area (Å²) in [5.74, 6) is 1.89. The monoisotopic (exact) mass is 487 g/mol. The highest BCUT2D eigenvalue weighted by atomic mass is 16.5. The van der Waals surface area contributed by atoms with E-state index in [1.54, 1.807) is 43.9 Å². The minimum atomic E-state index is -0.299. The minimum absolute atomic E-state index is 0.299. The Morgan fingerprint density at radius 2 is 1.89 bits per heavy atom. The first-order chi connectivity index (χ1) is 17.5. The second kappa shape index (κ2) is 12.1. The molecule has 0 aliphatic heterocycles. The van der Waals surface area contributed by atoms with Crippen LogP contribution in [-0.2, 0) is 13.1 Å². The molecule has 1 aromatic carbocycles. The Balaban J connectivity index is 1.37. The maximum absolute atomic E-state index is 12.6. The molecule has 0 aliphatic carbocycles. The van der Waals surface area contributed by atoms with Gasteiger partial charge in [0.15, 0.2) is 11.5 Å². The number of benzene rings is 1. The van der Waals surface area contributed by atoms with Crippen LogP contribution in [0.15, 0.2) is 67.3 Å². The van der Waals surface area contributed by atoms with E-state index in [1.807, 2.05) is 30.5 Å². The third-order valence-electron chi connectivity index (χ3n) is 5.90. The van der Waals surface area contributed by atoms with Gasteiger partial charge in [-0.1, -0.05) is 13.8 Å². The molecule has 0 spiro atoms. The molecule has 0 aliphatic rings. The second-order valence-corrected chi connectivity index (χ2v) is 9.06. The number of nitrogens with one attached hydrogen (secondary N) is 2. The first kappa shape index (κ1) is 25.0. The highest BCUT2D eigenvalue weighted by Gasteiger charge is 2.11. The maximum atomic E-state index is 12.6. The summed E-state index contributed by atoms with van der Waals surface area (Å²) in [6, 6.07) is 13.0. The summed E-state index contributed by atoms with van der Waals surface area (Å²) >= 11 is 0. The van der Waals surface area contributed by atoms with Gasteiger partial charge in [-0.15, -0.1) is 0 Å². The molecule has 4 aromatic rings. The average Bonchev–Trinajstić information content (AvgIpc) is 3.29. The standard InChI is InChI=1S/C28H33N5O3/c1-20(2)5-4-16-36-26-17-23(6-7-25(26)35-3)32-28(34)31-18-22-10-14-30-27-24(22)11-15-33(27)19-21-8-12-29-13-9-21/h6-15,17,20H,4-5,16,18-19H2,1-3H3,(H2,31,32,34). The number of carbonyl (C=O) groups excluding carboxylic acids is 1. The van der Waals surface area contributed by atoms with Crippen LogP contribution in [0, 0.1) is 5.92 Å². The van der Waals surface area contributed by atoms with Gasteiger partial charge in [0.2, 0.25) is 0 Å². The van der Waals surface area contributed by atoms with Crippen LogP contribution in [0.5, 0.6) is 11.5 Å². The van der Waals surface area contributed by atoms with Crippen LogP contribution in [0.4, 0.5) is 10.5 Å². The van der Waals surface area contributed by atoms with Gasteiger partial charge in [0.05, 0.1) is 13.7 Å². The van der Waals surface area contributed by atoms with Gasteiger partial charge < -0.3 is 24.7 Å². The molecule has 0 fully saturated rings. The van der Waals surface area contributed by atoms with E-state index in [0.717, 1.165) is 35.0 Å². The zero-order valence-corrected chi connectivity index (χ0v) is 21.0. The van der Waals surface area contributed by atoms with E-state index in [0.29, 0.717) is 42.8 Å². The lowest BCUT2D eigenvalue weighted by molar-refractivity contribution is 0.251. The van der Waals surface area contributed by atoms with Gasteiger partial charge in [0.1, 0.15) is 5.65 Å². The molecule has 0 radical (unpaired) electrons. The third kappa shape index (κ3) is 6.53. The van der Waals surface area contributed by atoms with Crippen molar-refractivity contribution >= 4 is 22.8 Å². The molecular weight excluding hydrogens is 454 g/mol. The van der Waals surface area contributed by atoms with Crippen LogP contribution in [0.3, 0.4) is 0 Å². The molecule has 0 unspecified atom stereocenters. The second-order valence-electron chi connectivity index (χ2n) is 9.06. The first-order valence-electron chi connectivity index (χ1n) is 12.2. The number of urea groups is 1. The quantitative estimate of drug-likeness (QED) is 0.268. The van der Waals surface area contributed by atoms with Crippen molar-refractivity contribution in [3.05, 3.63) is 78.4 Å². The number of rotatable bonds is 11. The van der Waals surface area contributed by atoms with Crippen molar-refractivity contribution in [1.29, 1.82) is 0 Å². The van der Waals surface area contributed by atoms with Gasteiger partial charge >= 0.3 is 6.03 Å². The molecule has 8 nitrogen and oxygen atoms in total. The van der Waals surface area contributed by atoms with Gasteiger partial charge in [-0.3, -0.25) is 4.98 Å². The molecule has 3 aromatic heterocycles. The largest absolute Gasteiger partial charge is 0.493 e. The average molecular weight is 488 g/mol. The lowest BCUT2D eigenvalue weighted by atomic mass is 10.1. The molecule has 0 atom stereocenters. The van der Waals surface area contributed by atoms with Crippen molar-refractivity contribution in [3.63, 3.8) is 0 Å². The Morgan fingerprint density at radius 1 is 1.06 bits per heavy atom. The SMILES string of the molecule is COc1ccc(NC(=O)NCc2ccnc3c2ccn3Cc2ccncc2)cc1OCCCC(C)C. The summed E-state index contributed by atoms with van der Waals surface area (Å²) in [5, 5.41) is 6.84. The van der Waals surface area contributed by atoms with Crippen LogP contribution < -0.4 is 20.1 Å². The molecule has 3 heterocycles. The van der Waals surface area contributed by atoms with Crippen molar-refractivity contribution in [2.45, 2.75) is 39.8 Å². The summed E-state index contributed by atoms with van der Waals surface area (Å²) in [5.41, 5.74) is 3.65. The molecule has 2 amide bonds. The van der Waals surface area contributed by atoms with Gasteiger partial charge in [0.25, 0.3) is 0 Å². The lowest BCUT2D eigenvalue weighted by Crippen LogP contribution is -2.28. The van der Waals surface area contributed by atoms with Crippen molar-refractivity contribution < 1.29 is 14.3 Å². The summed E-state index contributed by atoms with van der Waals surface area (Å²) in [4.78, 5) is 21.3. The fourth-order valence-corrected chi connectivity index (χ4v) is 4.00. The Bertz CT molecular complexity index is 1290. The van der Waals surface area contributed by atoms with E-state index in [1.165, 1.54) is 0 Å². The summed E-state index contributed by atoms with van der Waals surface area (Å²) < 4.78 is 13.4. The highest BCUT2D eigenvalue weighted by molar-refractivity contribution is 5.90. The van der Waals surface area contributed by atoms with Crippen LogP contribution >= 0.6 is 0 Å². The van der Waals surface area contributed by atoms with E-state index in [2.05, 4.69) is 39.0 Å². The molecule has 0 saturated heterocycles. The number of methoxy groups -OCH3 is 1. The zero-order chi connectivity index (χ0) is 25.3. The maximum Gasteiger partial charge on any atom is 0.319 e. The Hall–Kier alpha value is -4.07. The molecule has 0 saturated carbocycles. The number of nitrogens with zero attached hydrogens (tertiary/aromatic N) is 3. The van der Waals surface area contributed by atoms with Gasteiger partial charge in [-0.2, -0.15) is 0 Å². The molecule has 8 heteroatoms. The number of hydrogen-bond donors (Lipinski definition) is 2. The molecule has 36 heavy (non-hydrogen) atoms. The van der Waals surface area contributed by atoms with Crippen LogP contribution in [0.2, 0.25) is 0 Å². The van der Waals surface area contributed by atoms with Crippen LogP contribution in [-0.4, -0.2) is 34.3 Å².